The quantitative estimate of drug-likeness (QED) is 0.694. The number of halogens is 2. The van der Waals surface area contributed by atoms with Gasteiger partial charge in [0.05, 0.1) is 5.69 Å². The summed E-state index contributed by atoms with van der Waals surface area (Å²) in [6, 6.07) is 6.55. The van der Waals surface area contributed by atoms with Gasteiger partial charge in [-0.2, -0.15) is 5.10 Å². The highest BCUT2D eigenvalue weighted by Gasteiger charge is 2.11. The number of aromatic nitrogens is 2. The van der Waals surface area contributed by atoms with Crippen LogP contribution in [0.4, 0.5) is 10.1 Å². The van der Waals surface area contributed by atoms with Crippen molar-refractivity contribution in [2.75, 3.05) is 11.9 Å². The predicted octanol–water partition coefficient (Wildman–Crippen LogP) is 3.90. The minimum Gasteiger partial charge on any atom is -0.330 e. The van der Waals surface area contributed by atoms with E-state index in [1.165, 1.54) is 6.07 Å². The SMILES string of the molecule is Cc1cc(C)n(-c2ccc(NC(=O)CCCCCCN)cc2F)n1.Cl. The molecule has 0 spiro atoms. The van der Waals surface area contributed by atoms with E-state index < -0.39 is 5.82 Å². The molecule has 0 aliphatic rings. The van der Waals surface area contributed by atoms with E-state index in [1.807, 2.05) is 19.9 Å². The molecule has 1 heterocycles. The van der Waals surface area contributed by atoms with Gasteiger partial charge in [-0.05, 0) is 57.5 Å². The first-order chi connectivity index (χ1) is 11.5. The summed E-state index contributed by atoms with van der Waals surface area (Å²) in [6.07, 6.45) is 4.26. The van der Waals surface area contributed by atoms with Gasteiger partial charge >= 0.3 is 0 Å². The molecule has 138 valence electrons. The van der Waals surface area contributed by atoms with Crippen molar-refractivity contribution in [1.82, 2.24) is 9.78 Å². The van der Waals surface area contributed by atoms with E-state index in [2.05, 4.69) is 10.4 Å². The number of unbranched alkanes of at least 4 members (excludes halogenated alkanes) is 3. The van der Waals surface area contributed by atoms with Gasteiger partial charge in [0.25, 0.3) is 0 Å². The van der Waals surface area contributed by atoms with E-state index in [9.17, 15) is 9.18 Å². The number of anilines is 1. The summed E-state index contributed by atoms with van der Waals surface area (Å²) in [5, 5.41) is 7.02. The third-order valence-corrected chi connectivity index (χ3v) is 3.83. The Morgan fingerprint density at radius 3 is 2.52 bits per heavy atom. The smallest absolute Gasteiger partial charge is 0.224 e. The van der Waals surface area contributed by atoms with Crippen LogP contribution in [-0.4, -0.2) is 22.2 Å². The fourth-order valence-corrected chi connectivity index (χ4v) is 2.64. The first-order valence-corrected chi connectivity index (χ1v) is 8.34. The molecule has 0 saturated heterocycles. The first-order valence-electron chi connectivity index (χ1n) is 8.34. The molecule has 0 unspecified atom stereocenters. The summed E-state index contributed by atoms with van der Waals surface area (Å²) in [5.41, 5.74) is 7.96. The molecule has 2 rings (SSSR count). The molecule has 0 radical (unpaired) electrons. The minimum absolute atomic E-state index is 0. The molecule has 0 aliphatic heterocycles. The van der Waals surface area contributed by atoms with Crippen LogP contribution in [0, 0.1) is 19.7 Å². The number of nitrogens with two attached hydrogens (primary N) is 1. The number of hydrogen-bond donors (Lipinski definition) is 2. The summed E-state index contributed by atoms with van der Waals surface area (Å²) >= 11 is 0. The van der Waals surface area contributed by atoms with E-state index in [1.54, 1.807) is 16.8 Å². The molecular weight excluding hydrogens is 343 g/mol. The van der Waals surface area contributed by atoms with Crippen molar-refractivity contribution in [3.8, 4) is 5.69 Å². The Kier molecular flexibility index (Phi) is 8.58. The summed E-state index contributed by atoms with van der Waals surface area (Å²) in [6.45, 7) is 4.43. The molecule has 1 amide bonds. The molecule has 0 saturated carbocycles. The number of carbonyl (C=O) groups excluding carboxylic acids is 1. The maximum absolute atomic E-state index is 14.3. The largest absolute Gasteiger partial charge is 0.330 e. The standard InChI is InChI=1S/C18H25FN4O.ClH/c1-13-11-14(2)23(22-13)17-9-8-15(12-16(17)19)21-18(24)7-5-3-4-6-10-20;/h8-9,11-12H,3-7,10,20H2,1-2H3,(H,21,24);1H. The molecule has 7 heteroatoms. The van der Waals surface area contributed by atoms with Crippen LogP contribution in [0.25, 0.3) is 5.69 Å². The summed E-state index contributed by atoms with van der Waals surface area (Å²) in [4.78, 5) is 11.9. The van der Waals surface area contributed by atoms with Crippen LogP contribution in [0.2, 0.25) is 0 Å². The molecule has 1 aromatic carbocycles. The summed E-state index contributed by atoms with van der Waals surface area (Å²) in [5.74, 6) is -0.511. The predicted molar refractivity (Wildman–Crippen MR) is 101 cm³/mol. The number of benzene rings is 1. The lowest BCUT2D eigenvalue weighted by atomic mass is 10.1. The molecule has 5 nitrogen and oxygen atoms in total. The topological polar surface area (TPSA) is 72.9 Å². The van der Waals surface area contributed by atoms with Crippen molar-refractivity contribution in [1.29, 1.82) is 0 Å². The lowest BCUT2D eigenvalue weighted by molar-refractivity contribution is -0.116. The van der Waals surface area contributed by atoms with Crippen LogP contribution < -0.4 is 11.1 Å². The van der Waals surface area contributed by atoms with E-state index in [0.717, 1.165) is 37.1 Å². The second-order valence-electron chi connectivity index (χ2n) is 6.01. The number of hydrogen-bond acceptors (Lipinski definition) is 3. The number of aryl methyl sites for hydroxylation is 2. The van der Waals surface area contributed by atoms with Crippen LogP contribution in [0.3, 0.4) is 0 Å². The molecule has 25 heavy (non-hydrogen) atoms. The number of nitrogens with zero attached hydrogens (tertiary/aromatic N) is 2. The van der Waals surface area contributed by atoms with Gasteiger partial charge in [0.1, 0.15) is 5.69 Å². The maximum atomic E-state index is 14.3. The monoisotopic (exact) mass is 368 g/mol. The molecule has 0 aliphatic carbocycles. The molecule has 0 atom stereocenters. The molecule has 3 N–H and O–H groups in total. The molecule has 1 aromatic heterocycles. The average Bonchev–Trinajstić information content (AvgIpc) is 2.85. The van der Waals surface area contributed by atoms with Gasteiger partial charge in [-0.3, -0.25) is 4.79 Å². The number of rotatable bonds is 8. The van der Waals surface area contributed by atoms with Gasteiger partial charge < -0.3 is 11.1 Å². The Labute approximate surface area is 154 Å². The zero-order valence-electron chi connectivity index (χ0n) is 14.7. The van der Waals surface area contributed by atoms with Crippen molar-refractivity contribution in [3.63, 3.8) is 0 Å². The fourth-order valence-electron chi connectivity index (χ4n) is 2.64. The second-order valence-corrected chi connectivity index (χ2v) is 6.01. The van der Waals surface area contributed by atoms with Gasteiger partial charge in [0.15, 0.2) is 5.82 Å². The third kappa shape index (κ3) is 6.14. The van der Waals surface area contributed by atoms with Gasteiger partial charge in [0, 0.05) is 17.8 Å². The zero-order valence-corrected chi connectivity index (χ0v) is 15.5. The van der Waals surface area contributed by atoms with Gasteiger partial charge in [-0.1, -0.05) is 12.8 Å². The van der Waals surface area contributed by atoms with Crippen LogP contribution >= 0.6 is 12.4 Å². The Morgan fingerprint density at radius 2 is 1.92 bits per heavy atom. The van der Waals surface area contributed by atoms with Crippen molar-refractivity contribution in [3.05, 3.63) is 41.5 Å². The minimum atomic E-state index is -0.415. The fraction of sp³-hybridized carbons (Fsp3) is 0.444. The van der Waals surface area contributed by atoms with Crippen LogP contribution in [0.15, 0.2) is 24.3 Å². The van der Waals surface area contributed by atoms with Crippen LogP contribution in [0.1, 0.15) is 43.5 Å². The van der Waals surface area contributed by atoms with Gasteiger partial charge in [0.2, 0.25) is 5.91 Å². The van der Waals surface area contributed by atoms with Crippen molar-refractivity contribution in [2.24, 2.45) is 5.73 Å². The van der Waals surface area contributed by atoms with E-state index in [0.29, 0.717) is 24.3 Å². The number of nitrogens with one attached hydrogen (secondary N) is 1. The number of amides is 1. The molecule has 0 bridgehead atoms. The number of carbonyl (C=O) groups is 1. The second kappa shape index (κ2) is 10.2. The van der Waals surface area contributed by atoms with Gasteiger partial charge in [-0.15, -0.1) is 12.4 Å². The van der Waals surface area contributed by atoms with Crippen molar-refractivity contribution < 1.29 is 9.18 Å². The lowest BCUT2D eigenvalue weighted by Gasteiger charge is -2.09. The normalized spacial score (nSPS) is 10.4. The lowest BCUT2D eigenvalue weighted by Crippen LogP contribution is -2.12. The molecular formula is C18H26ClFN4O. The van der Waals surface area contributed by atoms with Crippen LogP contribution in [-0.2, 0) is 4.79 Å². The van der Waals surface area contributed by atoms with Gasteiger partial charge in [-0.25, -0.2) is 9.07 Å². The van der Waals surface area contributed by atoms with E-state index in [4.69, 9.17) is 5.73 Å². The summed E-state index contributed by atoms with van der Waals surface area (Å²) < 4.78 is 15.9. The Morgan fingerprint density at radius 1 is 1.20 bits per heavy atom. The Balaban J connectivity index is 0.00000312. The highest BCUT2D eigenvalue weighted by atomic mass is 35.5. The first kappa shape index (κ1) is 21.1. The Bertz CT molecular complexity index is 702. The van der Waals surface area contributed by atoms with E-state index >= 15 is 0 Å². The average molecular weight is 369 g/mol. The Hall–Kier alpha value is -1.92. The maximum Gasteiger partial charge on any atom is 0.224 e. The third-order valence-electron chi connectivity index (χ3n) is 3.83. The van der Waals surface area contributed by atoms with E-state index in [-0.39, 0.29) is 18.3 Å². The zero-order chi connectivity index (χ0) is 17.5. The molecule has 2 aromatic rings. The van der Waals surface area contributed by atoms with Crippen molar-refractivity contribution in [2.45, 2.75) is 46.0 Å². The highest BCUT2D eigenvalue weighted by Crippen LogP contribution is 2.20. The van der Waals surface area contributed by atoms with Crippen molar-refractivity contribution >= 4 is 24.0 Å². The highest BCUT2D eigenvalue weighted by molar-refractivity contribution is 5.90. The molecule has 0 fully saturated rings. The summed E-state index contributed by atoms with van der Waals surface area (Å²) in [7, 11) is 0. The van der Waals surface area contributed by atoms with Crippen LogP contribution in [0.5, 0.6) is 0 Å².